The van der Waals surface area contributed by atoms with Crippen LogP contribution in [0.3, 0.4) is 0 Å². The Morgan fingerprint density at radius 3 is 2.48 bits per heavy atom. The minimum absolute atomic E-state index is 0.672. The zero-order valence-electron chi connectivity index (χ0n) is 13.3. The molecule has 2 aromatic carbocycles. The molecule has 0 spiro atoms. The molecule has 4 heteroatoms. The fourth-order valence-corrected chi connectivity index (χ4v) is 2.83. The van der Waals surface area contributed by atoms with Crippen LogP contribution in [0.15, 0.2) is 51.4 Å². The molecule has 118 valence electrons. The number of aromatic nitrogens is 2. The van der Waals surface area contributed by atoms with Crippen molar-refractivity contribution in [2.45, 2.75) is 33.1 Å². The summed E-state index contributed by atoms with van der Waals surface area (Å²) in [5.74, 6) is 1.38. The SMILES string of the molecule is Cc1cc(Cc2nnc(CCc3ccccc3C)o2)ccc1Br. The van der Waals surface area contributed by atoms with Crippen LogP contribution in [0.4, 0.5) is 0 Å². The Morgan fingerprint density at radius 1 is 0.913 bits per heavy atom. The fourth-order valence-electron chi connectivity index (χ4n) is 2.58. The lowest BCUT2D eigenvalue weighted by Gasteiger charge is -2.03. The van der Waals surface area contributed by atoms with Crippen LogP contribution >= 0.6 is 15.9 Å². The smallest absolute Gasteiger partial charge is 0.220 e. The summed E-state index contributed by atoms with van der Waals surface area (Å²) in [6, 6.07) is 14.7. The van der Waals surface area contributed by atoms with Crippen molar-refractivity contribution in [2.24, 2.45) is 0 Å². The summed E-state index contributed by atoms with van der Waals surface area (Å²) >= 11 is 3.52. The van der Waals surface area contributed by atoms with E-state index in [2.05, 4.69) is 82.4 Å². The second kappa shape index (κ2) is 7.09. The van der Waals surface area contributed by atoms with E-state index in [1.165, 1.54) is 22.3 Å². The second-order valence-electron chi connectivity index (χ2n) is 5.78. The zero-order chi connectivity index (χ0) is 16.2. The highest BCUT2D eigenvalue weighted by Gasteiger charge is 2.09. The van der Waals surface area contributed by atoms with Gasteiger partial charge in [-0.3, -0.25) is 0 Å². The number of halogens is 1. The summed E-state index contributed by atoms with van der Waals surface area (Å²) < 4.78 is 6.90. The molecule has 0 radical (unpaired) electrons. The molecule has 0 unspecified atom stereocenters. The van der Waals surface area contributed by atoms with Crippen molar-refractivity contribution in [1.82, 2.24) is 10.2 Å². The van der Waals surface area contributed by atoms with Crippen molar-refractivity contribution in [3.8, 4) is 0 Å². The zero-order valence-corrected chi connectivity index (χ0v) is 14.9. The van der Waals surface area contributed by atoms with Crippen molar-refractivity contribution < 1.29 is 4.42 Å². The number of benzene rings is 2. The van der Waals surface area contributed by atoms with Crippen LogP contribution in [0, 0.1) is 13.8 Å². The molecule has 1 aromatic heterocycles. The van der Waals surface area contributed by atoms with E-state index >= 15 is 0 Å². The third-order valence-electron chi connectivity index (χ3n) is 3.96. The average Bonchev–Trinajstić information content (AvgIpc) is 2.98. The van der Waals surface area contributed by atoms with Gasteiger partial charge >= 0.3 is 0 Å². The number of hydrogen-bond donors (Lipinski definition) is 0. The maximum Gasteiger partial charge on any atom is 0.220 e. The molecular weight excluding hydrogens is 352 g/mol. The monoisotopic (exact) mass is 370 g/mol. The molecule has 3 rings (SSSR count). The van der Waals surface area contributed by atoms with Crippen molar-refractivity contribution in [2.75, 3.05) is 0 Å². The lowest BCUT2D eigenvalue weighted by atomic mass is 10.0. The highest BCUT2D eigenvalue weighted by Crippen LogP contribution is 2.19. The topological polar surface area (TPSA) is 38.9 Å². The Kier molecular flexibility index (Phi) is 4.91. The Balaban J connectivity index is 1.64. The van der Waals surface area contributed by atoms with Gasteiger partial charge in [-0.1, -0.05) is 52.3 Å². The van der Waals surface area contributed by atoms with E-state index in [1.54, 1.807) is 0 Å². The number of aryl methyl sites for hydroxylation is 4. The normalized spacial score (nSPS) is 10.9. The van der Waals surface area contributed by atoms with Gasteiger partial charge in [-0.05, 0) is 48.6 Å². The molecule has 3 aromatic rings. The molecule has 0 saturated carbocycles. The van der Waals surface area contributed by atoms with Gasteiger partial charge in [-0.25, -0.2) is 0 Å². The first-order chi connectivity index (χ1) is 11.1. The van der Waals surface area contributed by atoms with Gasteiger partial charge < -0.3 is 4.42 Å². The summed E-state index contributed by atoms with van der Waals surface area (Å²) in [5, 5.41) is 8.34. The van der Waals surface area contributed by atoms with Crippen LogP contribution < -0.4 is 0 Å². The lowest BCUT2D eigenvalue weighted by Crippen LogP contribution is -1.94. The van der Waals surface area contributed by atoms with Gasteiger partial charge in [0.25, 0.3) is 0 Å². The highest BCUT2D eigenvalue weighted by atomic mass is 79.9. The number of nitrogens with zero attached hydrogens (tertiary/aromatic N) is 2. The largest absolute Gasteiger partial charge is 0.425 e. The lowest BCUT2D eigenvalue weighted by molar-refractivity contribution is 0.456. The third-order valence-corrected chi connectivity index (χ3v) is 4.85. The van der Waals surface area contributed by atoms with Gasteiger partial charge in [-0.2, -0.15) is 0 Å². The summed E-state index contributed by atoms with van der Waals surface area (Å²) in [4.78, 5) is 0. The van der Waals surface area contributed by atoms with Crippen molar-refractivity contribution in [3.63, 3.8) is 0 Å². The molecule has 0 atom stereocenters. The minimum atomic E-state index is 0.672. The Labute approximate surface area is 144 Å². The van der Waals surface area contributed by atoms with Crippen LogP contribution in [0.1, 0.15) is 34.0 Å². The van der Waals surface area contributed by atoms with Crippen LogP contribution in [0.2, 0.25) is 0 Å². The van der Waals surface area contributed by atoms with Gasteiger partial charge in [-0.15, -0.1) is 10.2 Å². The molecule has 0 aliphatic heterocycles. The van der Waals surface area contributed by atoms with Gasteiger partial charge in [0, 0.05) is 10.9 Å². The van der Waals surface area contributed by atoms with E-state index in [1.807, 2.05) is 0 Å². The van der Waals surface area contributed by atoms with Gasteiger partial charge in [0.05, 0.1) is 6.42 Å². The highest BCUT2D eigenvalue weighted by molar-refractivity contribution is 9.10. The first-order valence-electron chi connectivity index (χ1n) is 7.72. The maximum absolute atomic E-state index is 5.79. The Morgan fingerprint density at radius 2 is 1.70 bits per heavy atom. The molecule has 0 amide bonds. The van der Waals surface area contributed by atoms with Crippen LogP contribution in [0.25, 0.3) is 0 Å². The number of rotatable bonds is 5. The predicted molar refractivity (Wildman–Crippen MR) is 94.6 cm³/mol. The van der Waals surface area contributed by atoms with E-state index in [-0.39, 0.29) is 0 Å². The van der Waals surface area contributed by atoms with Crippen LogP contribution in [-0.2, 0) is 19.3 Å². The molecular formula is C19H19BrN2O. The molecule has 0 aliphatic carbocycles. The molecule has 0 aliphatic rings. The van der Waals surface area contributed by atoms with Crippen molar-refractivity contribution in [1.29, 1.82) is 0 Å². The standard InChI is InChI=1S/C19H19BrN2O/c1-13-5-3-4-6-16(13)8-10-18-21-22-19(23-18)12-15-7-9-17(20)14(2)11-15/h3-7,9,11H,8,10,12H2,1-2H3. The number of hydrogen-bond acceptors (Lipinski definition) is 3. The van der Waals surface area contributed by atoms with E-state index < -0.39 is 0 Å². The molecule has 0 bridgehead atoms. The van der Waals surface area contributed by atoms with Gasteiger partial charge in [0.2, 0.25) is 11.8 Å². The second-order valence-corrected chi connectivity index (χ2v) is 6.63. The molecule has 3 nitrogen and oxygen atoms in total. The average molecular weight is 371 g/mol. The van der Waals surface area contributed by atoms with Gasteiger partial charge in [0.15, 0.2) is 0 Å². The summed E-state index contributed by atoms with van der Waals surface area (Å²) in [6.07, 6.45) is 2.37. The molecule has 0 N–H and O–H groups in total. The van der Waals surface area contributed by atoms with Crippen molar-refractivity contribution >= 4 is 15.9 Å². The maximum atomic E-state index is 5.79. The molecule has 0 fully saturated rings. The molecule has 23 heavy (non-hydrogen) atoms. The first-order valence-corrected chi connectivity index (χ1v) is 8.52. The van der Waals surface area contributed by atoms with Crippen LogP contribution in [-0.4, -0.2) is 10.2 Å². The van der Waals surface area contributed by atoms with E-state index in [0.29, 0.717) is 18.2 Å². The minimum Gasteiger partial charge on any atom is -0.425 e. The Hall–Kier alpha value is -1.94. The third kappa shape index (κ3) is 4.08. The quantitative estimate of drug-likeness (QED) is 0.645. The summed E-state index contributed by atoms with van der Waals surface area (Å²) in [6.45, 7) is 4.21. The molecule has 0 saturated heterocycles. The van der Waals surface area contributed by atoms with Crippen LogP contribution in [0.5, 0.6) is 0 Å². The fraction of sp³-hybridized carbons (Fsp3) is 0.263. The predicted octanol–water partition coefficient (Wildman–Crippen LogP) is 4.82. The molecule has 1 heterocycles. The summed E-state index contributed by atoms with van der Waals surface area (Å²) in [5.41, 5.74) is 5.02. The van der Waals surface area contributed by atoms with E-state index in [4.69, 9.17) is 4.42 Å². The van der Waals surface area contributed by atoms with E-state index in [0.717, 1.165) is 17.3 Å². The first kappa shape index (κ1) is 15.9. The van der Waals surface area contributed by atoms with Crippen molar-refractivity contribution in [3.05, 3.63) is 81.0 Å². The summed E-state index contributed by atoms with van der Waals surface area (Å²) in [7, 11) is 0. The Bertz CT molecular complexity index is 811. The van der Waals surface area contributed by atoms with E-state index in [9.17, 15) is 0 Å². The van der Waals surface area contributed by atoms with Gasteiger partial charge in [0.1, 0.15) is 0 Å².